The van der Waals surface area contributed by atoms with Crippen molar-refractivity contribution in [1.29, 1.82) is 0 Å². The molecule has 25 heavy (non-hydrogen) atoms. The van der Waals surface area contributed by atoms with Crippen molar-refractivity contribution in [3.05, 3.63) is 49.2 Å². The first-order chi connectivity index (χ1) is 12.0. The summed E-state index contributed by atoms with van der Waals surface area (Å²) in [4.78, 5) is 36.2. The van der Waals surface area contributed by atoms with Crippen LogP contribution in [0.1, 0.15) is 38.1 Å². The fraction of sp³-hybridized carbons (Fsp3) is 0.529. The number of benzene rings is 1. The summed E-state index contributed by atoms with van der Waals surface area (Å²) in [7, 11) is 1.50. The van der Waals surface area contributed by atoms with Gasteiger partial charge in [0.25, 0.3) is 11.2 Å². The maximum absolute atomic E-state index is 13.0. The lowest BCUT2D eigenvalue weighted by Gasteiger charge is -2.26. The summed E-state index contributed by atoms with van der Waals surface area (Å²) in [5, 5.41) is 11.3. The molecule has 0 saturated heterocycles. The molecule has 8 nitrogen and oxygen atoms in total. The zero-order valence-electron chi connectivity index (χ0n) is 14.1. The van der Waals surface area contributed by atoms with E-state index in [0.29, 0.717) is 5.52 Å². The van der Waals surface area contributed by atoms with Gasteiger partial charge >= 0.3 is 5.69 Å². The second kappa shape index (κ2) is 7.18. The van der Waals surface area contributed by atoms with Crippen LogP contribution in [0.5, 0.6) is 0 Å². The predicted molar refractivity (Wildman–Crippen MR) is 93.1 cm³/mol. The fourth-order valence-electron chi connectivity index (χ4n) is 3.56. The van der Waals surface area contributed by atoms with E-state index in [0.717, 1.165) is 36.7 Å². The van der Waals surface area contributed by atoms with E-state index in [1.54, 1.807) is 4.57 Å². The first kappa shape index (κ1) is 17.3. The van der Waals surface area contributed by atoms with Gasteiger partial charge in [-0.1, -0.05) is 19.3 Å². The molecule has 1 saturated carbocycles. The Labute approximate surface area is 143 Å². The third-order valence-electron chi connectivity index (χ3n) is 4.82. The number of non-ortho nitro benzene ring substituents is 1. The molecular weight excluding hydrogens is 326 g/mol. The van der Waals surface area contributed by atoms with E-state index in [2.05, 4.69) is 0 Å². The molecule has 8 heteroatoms. The molecule has 0 radical (unpaired) electrons. The largest absolute Gasteiger partial charge is 0.383 e. The number of nitrogens with zero attached hydrogens (tertiary/aromatic N) is 3. The normalized spacial score (nSPS) is 15.6. The standard InChI is InChI=1S/C17H21N3O5/c1-25-10-9-18-16(21)14-11-13(20(23)24)7-8-15(14)19(17(18)22)12-5-3-2-4-6-12/h7-8,11-12H,2-6,9-10H2,1H3. The van der Waals surface area contributed by atoms with Crippen LogP contribution in [0.25, 0.3) is 10.9 Å². The highest BCUT2D eigenvalue weighted by atomic mass is 16.6. The molecule has 1 fully saturated rings. The smallest absolute Gasteiger partial charge is 0.331 e. The van der Waals surface area contributed by atoms with Crippen LogP contribution in [0.4, 0.5) is 5.69 Å². The predicted octanol–water partition coefficient (Wildman–Crippen LogP) is 2.22. The maximum Gasteiger partial charge on any atom is 0.331 e. The molecule has 0 spiro atoms. The molecule has 0 bridgehead atoms. The molecular formula is C17H21N3O5. The number of rotatable bonds is 5. The van der Waals surface area contributed by atoms with Gasteiger partial charge in [0.15, 0.2) is 0 Å². The van der Waals surface area contributed by atoms with Crippen LogP contribution < -0.4 is 11.2 Å². The van der Waals surface area contributed by atoms with Gasteiger partial charge in [0.05, 0.1) is 29.0 Å². The van der Waals surface area contributed by atoms with E-state index < -0.39 is 10.5 Å². The van der Waals surface area contributed by atoms with Crippen LogP contribution in [0.2, 0.25) is 0 Å². The SMILES string of the molecule is COCCn1c(=O)c2cc([N+](=O)[O-])ccc2n(C2CCCCC2)c1=O. The van der Waals surface area contributed by atoms with E-state index in [1.807, 2.05) is 0 Å². The Balaban J connectivity index is 2.29. The number of ether oxygens (including phenoxy) is 1. The number of fused-ring (bicyclic) bond motifs is 1. The van der Waals surface area contributed by atoms with Gasteiger partial charge in [-0.3, -0.25) is 24.0 Å². The van der Waals surface area contributed by atoms with Gasteiger partial charge in [-0.25, -0.2) is 4.79 Å². The van der Waals surface area contributed by atoms with Crippen LogP contribution in [-0.2, 0) is 11.3 Å². The number of nitro benzene ring substituents is 1. The van der Waals surface area contributed by atoms with E-state index in [4.69, 9.17) is 4.74 Å². The summed E-state index contributed by atoms with van der Waals surface area (Å²) in [6, 6.07) is 4.14. The van der Waals surface area contributed by atoms with E-state index >= 15 is 0 Å². The quantitative estimate of drug-likeness (QED) is 0.610. The Morgan fingerprint density at radius 2 is 1.96 bits per heavy atom. The molecule has 0 unspecified atom stereocenters. The van der Waals surface area contributed by atoms with Crippen molar-refractivity contribution in [3.8, 4) is 0 Å². The summed E-state index contributed by atoms with van der Waals surface area (Å²) < 4.78 is 7.78. The molecule has 0 N–H and O–H groups in total. The Morgan fingerprint density at radius 1 is 1.24 bits per heavy atom. The van der Waals surface area contributed by atoms with Gasteiger partial charge in [-0.05, 0) is 18.9 Å². The van der Waals surface area contributed by atoms with Crippen molar-refractivity contribution in [2.45, 2.75) is 44.7 Å². The molecule has 3 rings (SSSR count). The summed E-state index contributed by atoms with van der Waals surface area (Å²) >= 11 is 0. The van der Waals surface area contributed by atoms with E-state index in [-0.39, 0.29) is 36.0 Å². The third-order valence-corrected chi connectivity index (χ3v) is 4.82. The maximum atomic E-state index is 13.0. The first-order valence-electron chi connectivity index (χ1n) is 8.47. The number of hydrogen-bond acceptors (Lipinski definition) is 5. The fourth-order valence-corrected chi connectivity index (χ4v) is 3.56. The van der Waals surface area contributed by atoms with Gasteiger partial charge in [0.2, 0.25) is 0 Å². The summed E-state index contributed by atoms with van der Waals surface area (Å²) in [5.41, 5.74) is -0.555. The molecule has 134 valence electrons. The highest BCUT2D eigenvalue weighted by Crippen LogP contribution is 2.29. The first-order valence-corrected chi connectivity index (χ1v) is 8.47. The van der Waals surface area contributed by atoms with Gasteiger partial charge < -0.3 is 4.74 Å². The Morgan fingerprint density at radius 3 is 2.60 bits per heavy atom. The number of nitro groups is 1. The lowest BCUT2D eigenvalue weighted by atomic mass is 9.95. The summed E-state index contributed by atoms with van der Waals surface area (Å²) in [6.45, 7) is 0.347. The van der Waals surface area contributed by atoms with Gasteiger partial charge in [0.1, 0.15) is 0 Å². The van der Waals surface area contributed by atoms with Crippen LogP contribution in [0.15, 0.2) is 27.8 Å². The van der Waals surface area contributed by atoms with Crippen LogP contribution in [-0.4, -0.2) is 27.8 Å². The minimum Gasteiger partial charge on any atom is -0.383 e. The molecule has 2 aromatic rings. The number of hydrogen-bond donors (Lipinski definition) is 0. The molecule has 0 aliphatic heterocycles. The monoisotopic (exact) mass is 347 g/mol. The van der Waals surface area contributed by atoms with Crippen molar-refractivity contribution >= 4 is 16.6 Å². The average molecular weight is 347 g/mol. The van der Waals surface area contributed by atoms with E-state index in [9.17, 15) is 19.7 Å². The number of methoxy groups -OCH3 is 1. The zero-order valence-corrected chi connectivity index (χ0v) is 14.1. The molecule has 1 heterocycles. The highest BCUT2D eigenvalue weighted by molar-refractivity contribution is 5.80. The van der Waals surface area contributed by atoms with Crippen molar-refractivity contribution in [2.75, 3.05) is 13.7 Å². The summed E-state index contributed by atoms with van der Waals surface area (Å²) in [5.74, 6) is 0. The molecule has 1 aromatic heterocycles. The van der Waals surface area contributed by atoms with Crippen molar-refractivity contribution < 1.29 is 9.66 Å². The summed E-state index contributed by atoms with van der Waals surface area (Å²) in [6.07, 6.45) is 4.94. The van der Waals surface area contributed by atoms with Crippen LogP contribution in [0, 0.1) is 10.1 Å². The second-order valence-corrected chi connectivity index (χ2v) is 6.35. The van der Waals surface area contributed by atoms with Crippen molar-refractivity contribution in [2.24, 2.45) is 0 Å². The minimum atomic E-state index is -0.533. The molecule has 1 aromatic carbocycles. The Kier molecular flexibility index (Phi) is 4.98. The van der Waals surface area contributed by atoms with Crippen LogP contribution in [0.3, 0.4) is 0 Å². The third kappa shape index (κ3) is 3.21. The van der Waals surface area contributed by atoms with Gasteiger partial charge in [-0.2, -0.15) is 0 Å². The molecule has 0 amide bonds. The Bertz CT molecular complexity index is 909. The Hall–Kier alpha value is -2.48. The number of aromatic nitrogens is 2. The van der Waals surface area contributed by atoms with E-state index in [1.165, 1.54) is 25.3 Å². The lowest BCUT2D eigenvalue weighted by Crippen LogP contribution is -2.42. The average Bonchev–Trinajstić information content (AvgIpc) is 2.62. The highest BCUT2D eigenvalue weighted by Gasteiger charge is 2.23. The topological polar surface area (TPSA) is 96.4 Å². The zero-order chi connectivity index (χ0) is 18.0. The minimum absolute atomic E-state index is 0.0135. The van der Waals surface area contributed by atoms with Crippen LogP contribution >= 0.6 is 0 Å². The van der Waals surface area contributed by atoms with Gasteiger partial charge in [-0.15, -0.1) is 0 Å². The van der Waals surface area contributed by atoms with Gasteiger partial charge in [0, 0.05) is 25.3 Å². The lowest BCUT2D eigenvalue weighted by molar-refractivity contribution is -0.384. The molecule has 0 atom stereocenters. The van der Waals surface area contributed by atoms with Crippen molar-refractivity contribution in [3.63, 3.8) is 0 Å². The molecule has 1 aliphatic carbocycles. The molecule has 1 aliphatic rings. The van der Waals surface area contributed by atoms with Crippen molar-refractivity contribution in [1.82, 2.24) is 9.13 Å². The second-order valence-electron chi connectivity index (χ2n) is 6.35.